The summed E-state index contributed by atoms with van der Waals surface area (Å²) >= 11 is 12.3. The van der Waals surface area contributed by atoms with Crippen molar-refractivity contribution in [2.24, 2.45) is 0 Å². The first-order valence-corrected chi connectivity index (χ1v) is 9.16. The molecule has 0 saturated carbocycles. The number of halogens is 2. The highest BCUT2D eigenvalue weighted by Crippen LogP contribution is 2.35. The Morgan fingerprint density at radius 3 is 2.42 bits per heavy atom. The van der Waals surface area contributed by atoms with E-state index in [2.05, 4.69) is 0 Å². The van der Waals surface area contributed by atoms with Crippen molar-refractivity contribution in [2.45, 2.75) is 65.1 Å². The van der Waals surface area contributed by atoms with E-state index in [-0.39, 0.29) is 18.2 Å². The summed E-state index contributed by atoms with van der Waals surface area (Å²) in [6, 6.07) is 5.36. The molecule has 2 unspecified atom stereocenters. The van der Waals surface area contributed by atoms with Crippen LogP contribution in [0.2, 0.25) is 10.0 Å². The normalized spacial score (nSPS) is 20.5. The standard InChI is InChI=1S/C18H26Cl2N2O2/c1-6-13(3)24-22-12(2)7-8-21(17(22)23)18(4,5)14-9-15(19)11-16(20)10-14/h9-13H,6-8H2,1-5H3. The zero-order valence-corrected chi connectivity index (χ0v) is 16.5. The lowest BCUT2D eigenvalue weighted by atomic mass is 9.91. The van der Waals surface area contributed by atoms with Crippen molar-refractivity contribution in [2.75, 3.05) is 6.54 Å². The Morgan fingerprint density at radius 2 is 1.88 bits per heavy atom. The van der Waals surface area contributed by atoms with E-state index in [4.69, 9.17) is 28.0 Å². The van der Waals surface area contributed by atoms with Crippen molar-refractivity contribution in [3.05, 3.63) is 33.8 Å². The van der Waals surface area contributed by atoms with E-state index in [1.54, 1.807) is 6.07 Å². The third-order valence-corrected chi connectivity index (χ3v) is 5.14. The van der Waals surface area contributed by atoms with Crippen LogP contribution >= 0.6 is 23.2 Å². The molecule has 0 bridgehead atoms. The van der Waals surface area contributed by atoms with Gasteiger partial charge in [-0.25, -0.2) is 4.79 Å². The fourth-order valence-corrected chi connectivity index (χ4v) is 3.36. The molecule has 0 radical (unpaired) electrons. The van der Waals surface area contributed by atoms with E-state index in [0.717, 1.165) is 18.4 Å². The van der Waals surface area contributed by atoms with Crippen LogP contribution in [0, 0.1) is 0 Å². The van der Waals surface area contributed by atoms with Gasteiger partial charge in [-0.05, 0) is 64.3 Å². The second-order valence-electron chi connectivity index (χ2n) is 6.94. The van der Waals surface area contributed by atoms with Gasteiger partial charge in [0.2, 0.25) is 0 Å². The van der Waals surface area contributed by atoms with Gasteiger partial charge in [0, 0.05) is 16.6 Å². The van der Waals surface area contributed by atoms with Crippen LogP contribution in [0.3, 0.4) is 0 Å². The molecule has 1 aliphatic heterocycles. The molecule has 0 spiro atoms. The molecule has 134 valence electrons. The number of amides is 2. The highest BCUT2D eigenvalue weighted by Gasteiger charge is 2.41. The maximum atomic E-state index is 13.0. The first-order chi connectivity index (χ1) is 11.2. The molecule has 1 aliphatic rings. The van der Waals surface area contributed by atoms with E-state index in [1.807, 2.05) is 51.7 Å². The Bertz CT molecular complexity index is 586. The monoisotopic (exact) mass is 372 g/mol. The second-order valence-corrected chi connectivity index (χ2v) is 7.81. The fourth-order valence-electron chi connectivity index (χ4n) is 2.84. The topological polar surface area (TPSA) is 32.8 Å². The van der Waals surface area contributed by atoms with Gasteiger partial charge in [-0.3, -0.25) is 4.84 Å². The summed E-state index contributed by atoms with van der Waals surface area (Å²) in [4.78, 5) is 20.7. The molecular weight excluding hydrogens is 347 g/mol. The first-order valence-electron chi connectivity index (χ1n) is 8.41. The van der Waals surface area contributed by atoms with E-state index in [1.165, 1.54) is 5.06 Å². The van der Waals surface area contributed by atoms with E-state index in [9.17, 15) is 4.79 Å². The minimum Gasteiger partial charge on any atom is -0.314 e. The predicted molar refractivity (Wildman–Crippen MR) is 98.3 cm³/mol. The number of hydrogen-bond donors (Lipinski definition) is 0. The third kappa shape index (κ3) is 3.98. The summed E-state index contributed by atoms with van der Waals surface area (Å²) < 4.78 is 0. The lowest BCUT2D eigenvalue weighted by molar-refractivity contribution is -0.196. The molecule has 2 atom stereocenters. The van der Waals surface area contributed by atoms with Crippen molar-refractivity contribution in [3.8, 4) is 0 Å². The van der Waals surface area contributed by atoms with Crippen LogP contribution in [0.1, 0.15) is 53.0 Å². The Hall–Kier alpha value is -0.970. The largest absolute Gasteiger partial charge is 0.344 e. The van der Waals surface area contributed by atoms with Gasteiger partial charge in [0.25, 0.3) is 0 Å². The fraction of sp³-hybridized carbons (Fsp3) is 0.611. The van der Waals surface area contributed by atoms with Crippen LogP contribution in [-0.2, 0) is 10.4 Å². The molecule has 24 heavy (non-hydrogen) atoms. The molecule has 0 N–H and O–H groups in total. The molecule has 1 heterocycles. The SMILES string of the molecule is CCC(C)ON1C(=O)N(C(C)(C)c2cc(Cl)cc(Cl)c2)CCC1C. The second kappa shape index (κ2) is 7.51. The summed E-state index contributed by atoms with van der Waals surface area (Å²) in [5.74, 6) is 0. The van der Waals surface area contributed by atoms with Gasteiger partial charge in [-0.2, -0.15) is 5.06 Å². The van der Waals surface area contributed by atoms with Gasteiger partial charge in [-0.15, -0.1) is 0 Å². The predicted octanol–water partition coefficient (Wildman–Crippen LogP) is 5.47. The Morgan fingerprint density at radius 1 is 1.29 bits per heavy atom. The molecule has 2 rings (SSSR count). The molecule has 1 aromatic rings. The number of urea groups is 1. The van der Waals surface area contributed by atoms with Gasteiger partial charge in [0.05, 0.1) is 17.7 Å². The molecule has 0 aromatic heterocycles. The summed E-state index contributed by atoms with van der Waals surface area (Å²) in [6.45, 7) is 10.7. The van der Waals surface area contributed by atoms with E-state index < -0.39 is 5.54 Å². The minimum atomic E-state index is -0.539. The summed E-state index contributed by atoms with van der Waals surface area (Å²) in [5.41, 5.74) is 0.370. The minimum absolute atomic E-state index is 0.0000708. The highest BCUT2D eigenvalue weighted by atomic mass is 35.5. The van der Waals surface area contributed by atoms with Crippen molar-refractivity contribution in [1.29, 1.82) is 0 Å². The Balaban J connectivity index is 2.30. The number of benzene rings is 1. The van der Waals surface area contributed by atoms with Gasteiger partial charge < -0.3 is 4.90 Å². The summed E-state index contributed by atoms with van der Waals surface area (Å²) in [7, 11) is 0. The lowest BCUT2D eigenvalue weighted by Crippen LogP contribution is -2.59. The van der Waals surface area contributed by atoms with Crippen LogP contribution < -0.4 is 0 Å². The van der Waals surface area contributed by atoms with Crippen LogP contribution in [0.5, 0.6) is 0 Å². The average molecular weight is 373 g/mol. The molecular formula is C18H26Cl2N2O2. The summed E-state index contributed by atoms with van der Waals surface area (Å²) in [5, 5.41) is 2.65. The number of hydroxylamine groups is 2. The van der Waals surface area contributed by atoms with E-state index in [0.29, 0.717) is 16.6 Å². The zero-order chi connectivity index (χ0) is 18.1. The molecule has 1 aromatic carbocycles. The molecule has 1 saturated heterocycles. The summed E-state index contributed by atoms with van der Waals surface area (Å²) in [6.07, 6.45) is 1.70. The van der Waals surface area contributed by atoms with Crippen LogP contribution in [0.25, 0.3) is 0 Å². The number of rotatable bonds is 5. The van der Waals surface area contributed by atoms with Gasteiger partial charge in [0.15, 0.2) is 0 Å². The average Bonchev–Trinajstić information content (AvgIpc) is 2.49. The van der Waals surface area contributed by atoms with Gasteiger partial charge >= 0.3 is 6.03 Å². The zero-order valence-electron chi connectivity index (χ0n) is 15.0. The smallest absolute Gasteiger partial charge is 0.314 e. The van der Waals surface area contributed by atoms with Crippen LogP contribution in [0.4, 0.5) is 4.79 Å². The number of nitrogens with zero attached hydrogens (tertiary/aromatic N) is 2. The van der Waals surface area contributed by atoms with Crippen molar-refractivity contribution >= 4 is 29.2 Å². The maximum Gasteiger partial charge on any atom is 0.344 e. The van der Waals surface area contributed by atoms with Gasteiger partial charge in [0.1, 0.15) is 0 Å². The van der Waals surface area contributed by atoms with Crippen molar-refractivity contribution in [3.63, 3.8) is 0 Å². The van der Waals surface area contributed by atoms with Gasteiger partial charge in [-0.1, -0.05) is 30.1 Å². The maximum absolute atomic E-state index is 13.0. The molecule has 1 fully saturated rings. The van der Waals surface area contributed by atoms with Crippen LogP contribution in [0.15, 0.2) is 18.2 Å². The van der Waals surface area contributed by atoms with Crippen LogP contribution in [-0.4, -0.2) is 34.7 Å². The molecule has 0 aliphatic carbocycles. The quantitative estimate of drug-likeness (QED) is 0.685. The Kier molecular flexibility index (Phi) is 6.05. The van der Waals surface area contributed by atoms with E-state index >= 15 is 0 Å². The first kappa shape index (κ1) is 19.4. The molecule has 4 nitrogen and oxygen atoms in total. The third-order valence-electron chi connectivity index (χ3n) is 4.70. The molecule has 2 amide bonds. The number of hydrogen-bond acceptors (Lipinski definition) is 2. The number of carbonyl (C=O) groups excluding carboxylic acids is 1. The van der Waals surface area contributed by atoms with Crippen molar-refractivity contribution in [1.82, 2.24) is 9.96 Å². The highest BCUT2D eigenvalue weighted by molar-refractivity contribution is 6.34. The molecule has 6 heteroatoms. The lowest BCUT2D eigenvalue weighted by Gasteiger charge is -2.47. The number of carbonyl (C=O) groups is 1. The Labute approximate surface area is 154 Å². The van der Waals surface area contributed by atoms with Crippen molar-refractivity contribution < 1.29 is 9.63 Å².